The van der Waals surface area contributed by atoms with E-state index < -0.39 is 46.9 Å². The van der Waals surface area contributed by atoms with Crippen molar-refractivity contribution in [3.63, 3.8) is 0 Å². The molecule has 0 bridgehead atoms. The molecule has 35 heavy (non-hydrogen) atoms. The number of Topliss-reactive ketones (excluding diaryl/α,β-unsaturated/α-hetero) is 1. The summed E-state index contributed by atoms with van der Waals surface area (Å²) in [6, 6.07) is 0. The summed E-state index contributed by atoms with van der Waals surface area (Å²) in [4.78, 5) is 50.0. The quantitative estimate of drug-likeness (QED) is 0.544. The number of hydrogen-bond acceptors (Lipinski definition) is 7. The minimum atomic E-state index is -1.43. The minimum Gasteiger partial charge on any atom is -0.458 e. The van der Waals surface area contributed by atoms with Gasteiger partial charge in [0.25, 0.3) is 0 Å². The van der Waals surface area contributed by atoms with Gasteiger partial charge in [0.2, 0.25) is 5.78 Å². The number of ether oxygens (including phenoxy) is 2. The monoisotopic (exact) mass is 486 g/mol. The molecule has 7 heteroatoms. The van der Waals surface area contributed by atoms with Crippen LogP contribution in [0.1, 0.15) is 79.1 Å². The Bertz CT molecular complexity index is 980. The largest absolute Gasteiger partial charge is 0.458 e. The van der Waals surface area contributed by atoms with Gasteiger partial charge in [-0.25, -0.2) is 0 Å². The van der Waals surface area contributed by atoms with Crippen LogP contribution in [-0.2, 0) is 28.7 Å². The number of carbonyl (C=O) groups is 4. The summed E-state index contributed by atoms with van der Waals surface area (Å²) in [5, 5.41) is 11.6. The van der Waals surface area contributed by atoms with Gasteiger partial charge < -0.3 is 14.6 Å². The number of ketones is 2. The van der Waals surface area contributed by atoms with Crippen molar-refractivity contribution in [3.05, 3.63) is 23.8 Å². The molecule has 4 rings (SSSR count). The zero-order valence-electron chi connectivity index (χ0n) is 21.3. The lowest BCUT2D eigenvalue weighted by molar-refractivity contribution is -0.201. The summed E-state index contributed by atoms with van der Waals surface area (Å²) in [5.74, 6) is -1.31. The Kier molecular flexibility index (Phi) is 6.86. The second kappa shape index (κ2) is 9.30. The number of rotatable bonds is 7. The Morgan fingerprint density at radius 3 is 2.63 bits per heavy atom. The van der Waals surface area contributed by atoms with Gasteiger partial charge in [0.15, 0.2) is 18.0 Å². The average molecular weight is 487 g/mol. The van der Waals surface area contributed by atoms with Crippen molar-refractivity contribution in [2.45, 2.75) is 90.8 Å². The van der Waals surface area contributed by atoms with Crippen LogP contribution in [-0.4, -0.2) is 46.9 Å². The number of aliphatic hydroxyl groups excluding tert-OH is 1. The number of esters is 2. The molecule has 0 amide bonds. The standard InChI is InChI=1S/C28H38O7/c1-5-6-7-24(33)35-28(23(32)16-34-17(2)29)13-11-21-20-9-8-18-14-19(30)10-12-26(18,3)25(20)22(31)15-27(21,28)4/h10,12,14,20-22,25,31H,5-9,11,13,15-16H2,1-4H3/t20-,21+,22+,25-,26-,27+,28-/m0/s1. The van der Waals surface area contributed by atoms with Gasteiger partial charge in [-0.05, 0) is 62.5 Å². The summed E-state index contributed by atoms with van der Waals surface area (Å²) in [5.41, 5.74) is -1.56. The van der Waals surface area contributed by atoms with Gasteiger partial charge in [-0.15, -0.1) is 0 Å². The second-order valence-corrected chi connectivity index (χ2v) is 11.4. The normalized spacial score (nSPS) is 39.7. The maximum absolute atomic E-state index is 13.6. The Labute approximate surface area is 207 Å². The molecule has 0 aromatic heterocycles. The second-order valence-electron chi connectivity index (χ2n) is 11.4. The van der Waals surface area contributed by atoms with Crippen molar-refractivity contribution in [1.82, 2.24) is 0 Å². The molecule has 0 spiro atoms. The molecule has 0 heterocycles. The molecular formula is C28H38O7. The average Bonchev–Trinajstić information content (AvgIpc) is 3.08. The third-order valence-corrected chi connectivity index (χ3v) is 9.50. The zero-order chi connectivity index (χ0) is 25.6. The van der Waals surface area contributed by atoms with Crippen LogP contribution in [0.3, 0.4) is 0 Å². The van der Waals surface area contributed by atoms with Crippen molar-refractivity contribution in [2.24, 2.45) is 28.6 Å². The molecule has 4 aliphatic rings. The van der Waals surface area contributed by atoms with E-state index in [2.05, 4.69) is 6.92 Å². The van der Waals surface area contributed by atoms with Crippen LogP contribution < -0.4 is 0 Å². The summed E-state index contributed by atoms with van der Waals surface area (Å²) >= 11 is 0. The Morgan fingerprint density at radius 2 is 1.94 bits per heavy atom. The van der Waals surface area contributed by atoms with E-state index in [1.807, 2.05) is 19.9 Å². The van der Waals surface area contributed by atoms with E-state index >= 15 is 0 Å². The first kappa shape index (κ1) is 25.8. The Morgan fingerprint density at radius 1 is 1.20 bits per heavy atom. The van der Waals surface area contributed by atoms with Crippen LogP contribution in [0.15, 0.2) is 23.8 Å². The molecule has 3 fully saturated rings. The first-order valence-electron chi connectivity index (χ1n) is 13.0. The number of fused-ring (bicyclic) bond motifs is 5. The van der Waals surface area contributed by atoms with E-state index in [0.29, 0.717) is 25.7 Å². The highest BCUT2D eigenvalue weighted by atomic mass is 16.6. The predicted octanol–water partition coefficient (Wildman–Crippen LogP) is 3.87. The highest BCUT2D eigenvalue weighted by Gasteiger charge is 2.70. The fourth-order valence-electron chi connectivity index (χ4n) is 7.85. The molecule has 4 aliphatic carbocycles. The summed E-state index contributed by atoms with van der Waals surface area (Å²) < 4.78 is 11.1. The molecule has 0 aromatic rings. The molecule has 1 N–H and O–H groups in total. The first-order valence-corrected chi connectivity index (χ1v) is 13.0. The molecule has 0 radical (unpaired) electrons. The van der Waals surface area contributed by atoms with E-state index in [0.717, 1.165) is 24.8 Å². The minimum absolute atomic E-state index is 0.0130. The lowest BCUT2D eigenvalue weighted by Crippen LogP contribution is -2.63. The smallest absolute Gasteiger partial charge is 0.306 e. The molecule has 7 nitrogen and oxygen atoms in total. The summed E-state index contributed by atoms with van der Waals surface area (Å²) in [7, 11) is 0. The molecule has 0 aromatic carbocycles. The predicted molar refractivity (Wildman–Crippen MR) is 128 cm³/mol. The van der Waals surface area contributed by atoms with E-state index in [4.69, 9.17) is 9.47 Å². The third kappa shape index (κ3) is 4.09. The van der Waals surface area contributed by atoms with Crippen LogP contribution in [0.5, 0.6) is 0 Å². The van der Waals surface area contributed by atoms with E-state index in [1.54, 1.807) is 12.2 Å². The number of allylic oxidation sites excluding steroid dienone is 4. The number of aliphatic hydroxyl groups is 1. The van der Waals surface area contributed by atoms with Crippen LogP contribution in [0.4, 0.5) is 0 Å². The van der Waals surface area contributed by atoms with Gasteiger partial charge in [-0.2, -0.15) is 0 Å². The van der Waals surface area contributed by atoms with Gasteiger partial charge in [0.05, 0.1) is 6.10 Å². The van der Waals surface area contributed by atoms with E-state index in [1.165, 1.54) is 6.92 Å². The van der Waals surface area contributed by atoms with Crippen molar-refractivity contribution < 1.29 is 33.8 Å². The highest BCUT2D eigenvalue weighted by Crippen LogP contribution is 2.67. The van der Waals surface area contributed by atoms with Crippen molar-refractivity contribution >= 4 is 23.5 Å². The molecule has 3 saturated carbocycles. The van der Waals surface area contributed by atoms with Gasteiger partial charge in [0, 0.05) is 30.1 Å². The summed E-state index contributed by atoms with van der Waals surface area (Å²) in [6.07, 6.45) is 9.17. The van der Waals surface area contributed by atoms with E-state index in [9.17, 15) is 24.3 Å². The molecule has 7 atom stereocenters. The summed E-state index contributed by atoms with van der Waals surface area (Å²) in [6.45, 7) is 6.86. The molecule has 0 saturated heterocycles. The maximum atomic E-state index is 13.6. The fraction of sp³-hybridized carbons (Fsp3) is 0.714. The topological polar surface area (TPSA) is 107 Å². The lowest BCUT2D eigenvalue weighted by Gasteiger charge is -2.59. The van der Waals surface area contributed by atoms with Crippen molar-refractivity contribution in [2.75, 3.05) is 6.61 Å². The van der Waals surface area contributed by atoms with Crippen LogP contribution in [0.2, 0.25) is 0 Å². The first-order chi connectivity index (χ1) is 16.5. The third-order valence-electron chi connectivity index (χ3n) is 9.50. The Balaban J connectivity index is 1.70. The Hall–Kier alpha value is -2.28. The SMILES string of the molecule is CCCCC(=O)O[C@]1(C(=O)COC(C)=O)CC[C@@H]2[C@@H]3CCC4=CC(=O)C=C[C@]4(C)[C@@H]3[C@H](O)C[C@]21C. The fourth-order valence-corrected chi connectivity index (χ4v) is 7.85. The van der Waals surface area contributed by atoms with Gasteiger partial charge >= 0.3 is 11.9 Å². The van der Waals surface area contributed by atoms with Gasteiger partial charge in [-0.1, -0.05) is 38.8 Å². The number of unbranched alkanes of at least 4 members (excludes halogenated alkanes) is 1. The number of hydrogen-bond donors (Lipinski definition) is 1. The van der Waals surface area contributed by atoms with Gasteiger partial charge in [0.1, 0.15) is 0 Å². The molecule has 0 aliphatic heterocycles. The molecule has 192 valence electrons. The number of carbonyl (C=O) groups excluding carboxylic acids is 4. The zero-order valence-corrected chi connectivity index (χ0v) is 21.3. The lowest BCUT2D eigenvalue weighted by atomic mass is 9.46. The van der Waals surface area contributed by atoms with Crippen LogP contribution >= 0.6 is 0 Å². The van der Waals surface area contributed by atoms with Crippen LogP contribution in [0.25, 0.3) is 0 Å². The van der Waals surface area contributed by atoms with Crippen molar-refractivity contribution in [3.8, 4) is 0 Å². The molecular weight excluding hydrogens is 448 g/mol. The van der Waals surface area contributed by atoms with Gasteiger partial charge in [-0.3, -0.25) is 19.2 Å². The molecule has 0 unspecified atom stereocenters. The maximum Gasteiger partial charge on any atom is 0.306 e. The highest BCUT2D eigenvalue weighted by molar-refractivity contribution is 6.01. The van der Waals surface area contributed by atoms with Crippen molar-refractivity contribution in [1.29, 1.82) is 0 Å². The van der Waals surface area contributed by atoms with Crippen LogP contribution in [0, 0.1) is 28.6 Å². The van der Waals surface area contributed by atoms with E-state index in [-0.39, 0.29) is 30.0 Å².